The van der Waals surface area contributed by atoms with Gasteiger partial charge < -0.3 is 9.64 Å². The molecule has 1 amide bonds. The van der Waals surface area contributed by atoms with Crippen molar-refractivity contribution in [2.75, 3.05) is 13.1 Å². The zero-order valence-electron chi connectivity index (χ0n) is 10.8. The lowest BCUT2D eigenvalue weighted by Crippen LogP contribution is -2.48. The molecule has 0 aromatic carbocycles. The van der Waals surface area contributed by atoms with E-state index in [2.05, 4.69) is 0 Å². The first-order chi connectivity index (χ1) is 8.47. The number of hydrogen-bond acceptors (Lipinski definition) is 4. The highest BCUT2D eigenvalue weighted by Crippen LogP contribution is 2.21. The maximum Gasteiger partial charge on any atom is 0.264 e. The maximum absolute atomic E-state index is 12.3. The van der Waals surface area contributed by atoms with E-state index in [-0.39, 0.29) is 23.9 Å². The van der Waals surface area contributed by atoms with Crippen LogP contribution in [0.3, 0.4) is 0 Å². The first-order valence-corrected chi connectivity index (χ1v) is 6.84. The second-order valence-corrected chi connectivity index (χ2v) is 5.77. The zero-order valence-corrected chi connectivity index (χ0v) is 11.6. The summed E-state index contributed by atoms with van der Waals surface area (Å²) in [6.45, 7) is 6.66. The summed E-state index contributed by atoms with van der Waals surface area (Å²) in [5.74, 6) is -0.00253. The van der Waals surface area contributed by atoms with Gasteiger partial charge in [-0.15, -0.1) is 11.3 Å². The molecule has 1 saturated heterocycles. The van der Waals surface area contributed by atoms with Crippen molar-refractivity contribution in [3.8, 4) is 0 Å². The van der Waals surface area contributed by atoms with Gasteiger partial charge in [-0.25, -0.2) is 0 Å². The Hall–Kier alpha value is -1.20. The van der Waals surface area contributed by atoms with Crippen LogP contribution in [0.15, 0.2) is 12.1 Å². The third-order valence-corrected chi connectivity index (χ3v) is 4.04. The average molecular weight is 267 g/mol. The van der Waals surface area contributed by atoms with Gasteiger partial charge in [-0.05, 0) is 32.9 Å². The summed E-state index contributed by atoms with van der Waals surface area (Å²) in [6, 6.07) is 3.45. The van der Waals surface area contributed by atoms with Crippen LogP contribution in [0.2, 0.25) is 0 Å². The van der Waals surface area contributed by atoms with E-state index in [1.165, 1.54) is 18.3 Å². The summed E-state index contributed by atoms with van der Waals surface area (Å²) < 4.78 is 5.60. The second kappa shape index (κ2) is 5.20. The molecule has 0 aliphatic carbocycles. The number of ether oxygens (including phenoxy) is 1. The van der Waals surface area contributed by atoms with Crippen molar-refractivity contribution in [2.45, 2.75) is 33.0 Å². The van der Waals surface area contributed by atoms with Gasteiger partial charge in [0.15, 0.2) is 5.78 Å². The van der Waals surface area contributed by atoms with Gasteiger partial charge in [0.25, 0.3) is 5.91 Å². The fourth-order valence-corrected chi connectivity index (χ4v) is 3.01. The largest absolute Gasteiger partial charge is 0.372 e. The molecule has 98 valence electrons. The summed E-state index contributed by atoms with van der Waals surface area (Å²) in [6.07, 6.45) is 0.120. The van der Waals surface area contributed by atoms with E-state index in [4.69, 9.17) is 4.74 Å². The molecule has 0 radical (unpaired) electrons. The monoisotopic (exact) mass is 267 g/mol. The summed E-state index contributed by atoms with van der Waals surface area (Å²) in [5, 5.41) is 0. The van der Waals surface area contributed by atoms with Crippen LogP contribution in [0.1, 0.15) is 40.1 Å². The van der Waals surface area contributed by atoms with Gasteiger partial charge in [0.1, 0.15) is 0 Å². The van der Waals surface area contributed by atoms with Crippen LogP contribution in [-0.2, 0) is 4.74 Å². The Morgan fingerprint density at radius 2 is 1.78 bits per heavy atom. The quantitative estimate of drug-likeness (QED) is 0.772. The standard InChI is InChI=1S/C13H17NO3S/c1-8-6-14(7-9(2)17-8)13(16)12-5-4-11(18-12)10(3)15/h4-5,8-9H,6-7H2,1-3H3. The van der Waals surface area contributed by atoms with Crippen molar-refractivity contribution in [3.63, 3.8) is 0 Å². The number of ketones is 1. The molecule has 18 heavy (non-hydrogen) atoms. The number of hydrogen-bond donors (Lipinski definition) is 0. The number of thiophene rings is 1. The van der Waals surface area contributed by atoms with Gasteiger partial charge in [0.2, 0.25) is 0 Å². The van der Waals surface area contributed by atoms with Crippen molar-refractivity contribution in [1.29, 1.82) is 0 Å². The minimum Gasteiger partial charge on any atom is -0.372 e. The fraction of sp³-hybridized carbons (Fsp3) is 0.538. The lowest BCUT2D eigenvalue weighted by molar-refractivity contribution is -0.0585. The molecule has 0 saturated carbocycles. The third-order valence-electron chi connectivity index (χ3n) is 2.87. The normalized spacial score (nSPS) is 24.1. The summed E-state index contributed by atoms with van der Waals surface area (Å²) in [5.41, 5.74) is 0. The highest BCUT2D eigenvalue weighted by atomic mass is 32.1. The Morgan fingerprint density at radius 1 is 1.22 bits per heavy atom. The molecule has 4 nitrogen and oxygen atoms in total. The lowest BCUT2D eigenvalue weighted by Gasteiger charge is -2.35. The van der Waals surface area contributed by atoms with Crippen molar-refractivity contribution in [2.24, 2.45) is 0 Å². The van der Waals surface area contributed by atoms with E-state index >= 15 is 0 Å². The van der Waals surface area contributed by atoms with Gasteiger partial charge in [0.05, 0.1) is 22.0 Å². The van der Waals surface area contributed by atoms with E-state index in [0.29, 0.717) is 22.8 Å². The third kappa shape index (κ3) is 2.79. The number of Topliss-reactive ketones (excluding diaryl/α,β-unsaturated/α-hetero) is 1. The van der Waals surface area contributed by atoms with Crippen LogP contribution in [0.4, 0.5) is 0 Å². The number of amides is 1. The molecular formula is C13H17NO3S. The van der Waals surface area contributed by atoms with E-state index in [1.807, 2.05) is 13.8 Å². The predicted octanol–water partition coefficient (Wildman–Crippen LogP) is 2.20. The van der Waals surface area contributed by atoms with Gasteiger partial charge in [-0.1, -0.05) is 0 Å². The van der Waals surface area contributed by atoms with E-state index < -0.39 is 0 Å². The molecule has 0 spiro atoms. The Bertz CT molecular complexity index is 459. The first-order valence-electron chi connectivity index (χ1n) is 6.03. The van der Waals surface area contributed by atoms with Crippen LogP contribution < -0.4 is 0 Å². The van der Waals surface area contributed by atoms with Gasteiger partial charge in [-0.2, -0.15) is 0 Å². The van der Waals surface area contributed by atoms with Crippen LogP contribution in [-0.4, -0.2) is 41.9 Å². The Morgan fingerprint density at radius 3 is 2.28 bits per heavy atom. The molecule has 2 atom stereocenters. The minimum atomic E-state index is -0.00509. The number of rotatable bonds is 2. The Kier molecular flexibility index (Phi) is 3.82. The van der Waals surface area contributed by atoms with Crippen molar-refractivity contribution >= 4 is 23.0 Å². The molecular weight excluding hydrogens is 250 g/mol. The molecule has 5 heteroatoms. The van der Waals surface area contributed by atoms with Crippen LogP contribution in [0, 0.1) is 0 Å². The molecule has 0 N–H and O–H groups in total. The number of nitrogens with zero attached hydrogens (tertiary/aromatic N) is 1. The molecule has 2 heterocycles. The topological polar surface area (TPSA) is 46.6 Å². The molecule has 2 rings (SSSR count). The first kappa shape index (κ1) is 13.2. The molecule has 1 fully saturated rings. The van der Waals surface area contributed by atoms with Crippen LogP contribution in [0.5, 0.6) is 0 Å². The van der Waals surface area contributed by atoms with E-state index in [1.54, 1.807) is 17.0 Å². The average Bonchev–Trinajstić information content (AvgIpc) is 2.75. The van der Waals surface area contributed by atoms with Crippen molar-refractivity contribution in [1.82, 2.24) is 4.90 Å². The Balaban J connectivity index is 2.12. The Labute approximate surface area is 111 Å². The maximum atomic E-state index is 12.3. The van der Waals surface area contributed by atoms with Gasteiger partial charge in [0, 0.05) is 13.1 Å². The van der Waals surface area contributed by atoms with Crippen LogP contribution >= 0.6 is 11.3 Å². The summed E-state index contributed by atoms with van der Waals surface area (Å²) in [4.78, 5) is 26.6. The molecule has 1 aliphatic rings. The second-order valence-electron chi connectivity index (χ2n) is 4.69. The lowest BCUT2D eigenvalue weighted by atomic mass is 10.2. The molecule has 1 aromatic rings. The summed E-state index contributed by atoms with van der Waals surface area (Å²) >= 11 is 1.26. The smallest absolute Gasteiger partial charge is 0.264 e. The predicted molar refractivity (Wildman–Crippen MR) is 70.2 cm³/mol. The highest BCUT2D eigenvalue weighted by molar-refractivity contribution is 7.15. The number of carbonyl (C=O) groups excluding carboxylic acids is 2. The molecule has 1 aliphatic heterocycles. The molecule has 0 bridgehead atoms. The van der Waals surface area contributed by atoms with Crippen LogP contribution in [0.25, 0.3) is 0 Å². The number of morpholine rings is 1. The van der Waals surface area contributed by atoms with E-state index in [0.717, 1.165) is 0 Å². The van der Waals surface area contributed by atoms with Crippen molar-refractivity contribution in [3.05, 3.63) is 21.9 Å². The SMILES string of the molecule is CC(=O)c1ccc(C(=O)N2CC(C)OC(C)C2)s1. The van der Waals surface area contributed by atoms with E-state index in [9.17, 15) is 9.59 Å². The summed E-state index contributed by atoms with van der Waals surface area (Å²) in [7, 11) is 0. The minimum absolute atomic E-state index is 0.00256. The zero-order chi connectivity index (χ0) is 13.3. The molecule has 1 aromatic heterocycles. The van der Waals surface area contributed by atoms with Gasteiger partial charge >= 0.3 is 0 Å². The fourth-order valence-electron chi connectivity index (χ4n) is 2.14. The number of carbonyl (C=O) groups is 2. The van der Waals surface area contributed by atoms with Crippen molar-refractivity contribution < 1.29 is 14.3 Å². The molecule has 2 unspecified atom stereocenters. The van der Waals surface area contributed by atoms with Gasteiger partial charge in [-0.3, -0.25) is 9.59 Å². The highest BCUT2D eigenvalue weighted by Gasteiger charge is 2.27.